The molecule has 0 aliphatic carbocycles. The molecule has 21 heavy (non-hydrogen) atoms. The van der Waals surface area contributed by atoms with Crippen molar-refractivity contribution in [3.05, 3.63) is 23.8 Å². The third kappa shape index (κ3) is 6.11. The first-order valence-electron chi connectivity index (χ1n) is 5.88. The number of benzene rings is 1. The van der Waals surface area contributed by atoms with Crippen LogP contribution in [-0.4, -0.2) is 19.8 Å². The second-order valence-corrected chi connectivity index (χ2v) is 4.08. The van der Waals surface area contributed by atoms with Gasteiger partial charge in [0.15, 0.2) is 0 Å². The van der Waals surface area contributed by atoms with Crippen LogP contribution in [-0.2, 0) is 0 Å². The Bertz CT molecular complexity index is 434. The largest absolute Gasteiger partial charge is 0.573 e. The van der Waals surface area contributed by atoms with E-state index in [0.29, 0.717) is 12.5 Å². The van der Waals surface area contributed by atoms with Gasteiger partial charge in [0.2, 0.25) is 0 Å². The van der Waals surface area contributed by atoms with Crippen molar-refractivity contribution in [1.29, 1.82) is 0 Å². The summed E-state index contributed by atoms with van der Waals surface area (Å²) >= 11 is 0. The van der Waals surface area contributed by atoms with Crippen molar-refractivity contribution in [1.82, 2.24) is 5.32 Å². The molecule has 0 bridgehead atoms. The molecule has 0 radical (unpaired) electrons. The number of hydrogen-bond donors (Lipinski definition) is 1. The lowest BCUT2D eigenvalue weighted by atomic mass is 10.0. The number of ether oxygens (including phenoxy) is 2. The highest BCUT2D eigenvalue weighted by molar-refractivity contribution is 5.40. The van der Waals surface area contributed by atoms with Gasteiger partial charge in [0.05, 0.1) is 0 Å². The topological polar surface area (TPSA) is 30.5 Å². The van der Waals surface area contributed by atoms with E-state index in [9.17, 15) is 26.3 Å². The van der Waals surface area contributed by atoms with E-state index in [1.54, 1.807) is 6.92 Å². The highest BCUT2D eigenvalue weighted by Crippen LogP contribution is 2.33. The average Bonchev–Trinajstić information content (AvgIpc) is 2.25. The minimum Gasteiger partial charge on any atom is -0.406 e. The molecule has 0 fully saturated rings. The Hall–Kier alpha value is -1.64. The quantitative estimate of drug-likeness (QED) is 0.828. The minimum absolute atomic E-state index is 0.195. The predicted molar refractivity (Wildman–Crippen MR) is 61.9 cm³/mol. The zero-order chi connectivity index (χ0) is 16.3. The first-order chi connectivity index (χ1) is 9.54. The van der Waals surface area contributed by atoms with Crippen LogP contribution >= 0.6 is 0 Å². The number of rotatable bonds is 5. The van der Waals surface area contributed by atoms with E-state index in [0.717, 1.165) is 12.1 Å². The SMILES string of the molecule is CCC(NC)c1cc(OC(F)(F)F)cc(OC(F)(F)F)c1. The Morgan fingerprint density at radius 1 is 0.952 bits per heavy atom. The molecule has 120 valence electrons. The van der Waals surface area contributed by atoms with Crippen LogP contribution in [0.5, 0.6) is 11.5 Å². The lowest BCUT2D eigenvalue weighted by Crippen LogP contribution is -2.20. The van der Waals surface area contributed by atoms with Gasteiger partial charge in [0.1, 0.15) is 11.5 Å². The molecule has 0 amide bonds. The van der Waals surface area contributed by atoms with E-state index in [1.165, 1.54) is 7.05 Å². The summed E-state index contributed by atoms with van der Waals surface area (Å²) in [7, 11) is 1.54. The summed E-state index contributed by atoms with van der Waals surface area (Å²) in [5.74, 6) is -1.54. The van der Waals surface area contributed by atoms with Crippen molar-refractivity contribution in [3.63, 3.8) is 0 Å². The van der Waals surface area contributed by atoms with Crippen molar-refractivity contribution in [2.24, 2.45) is 0 Å². The molecule has 1 unspecified atom stereocenters. The monoisotopic (exact) mass is 317 g/mol. The minimum atomic E-state index is -5.00. The van der Waals surface area contributed by atoms with Crippen molar-refractivity contribution in [3.8, 4) is 11.5 Å². The Labute approximate surface area is 116 Å². The molecule has 0 spiro atoms. The van der Waals surface area contributed by atoms with Gasteiger partial charge in [0, 0.05) is 12.1 Å². The molecule has 0 saturated heterocycles. The van der Waals surface area contributed by atoms with Gasteiger partial charge in [0.25, 0.3) is 0 Å². The van der Waals surface area contributed by atoms with E-state index < -0.39 is 30.3 Å². The average molecular weight is 317 g/mol. The second-order valence-electron chi connectivity index (χ2n) is 4.08. The van der Waals surface area contributed by atoms with Crippen molar-refractivity contribution < 1.29 is 35.8 Å². The third-order valence-electron chi connectivity index (χ3n) is 2.53. The van der Waals surface area contributed by atoms with Crippen LogP contribution < -0.4 is 14.8 Å². The van der Waals surface area contributed by atoms with E-state index >= 15 is 0 Å². The van der Waals surface area contributed by atoms with Gasteiger partial charge in [-0.1, -0.05) is 6.92 Å². The Morgan fingerprint density at radius 3 is 1.67 bits per heavy atom. The summed E-state index contributed by atoms with van der Waals surface area (Å²) in [5, 5.41) is 2.77. The fourth-order valence-electron chi connectivity index (χ4n) is 1.79. The predicted octanol–water partition coefficient (Wildman–Crippen LogP) is 4.15. The van der Waals surface area contributed by atoms with Gasteiger partial charge in [-0.25, -0.2) is 0 Å². The smallest absolute Gasteiger partial charge is 0.406 e. The standard InChI is InChI=1S/C12H13F6NO2/c1-3-10(19-2)7-4-8(20-11(13,14)15)6-9(5-7)21-12(16,17)18/h4-6,10,19H,3H2,1-2H3. The summed E-state index contributed by atoms with van der Waals surface area (Å²) < 4.78 is 80.6. The number of hydrogen-bond acceptors (Lipinski definition) is 3. The summed E-state index contributed by atoms with van der Waals surface area (Å²) in [6, 6.07) is 2.13. The highest BCUT2D eigenvalue weighted by Gasteiger charge is 2.34. The molecule has 1 N–H and O–H groups in total. The fraction of sp³-hybridized carbons (Fsp3) is 0.500. The van der Waals surface area contributed by atoms with Gasteiger partial charge < -0.3 is 14.8 Å². The highest BCUT2D eigenvalue weighted by atomic mass is 19.4. The molecule has 0 aromatic heterocycles. The Balaban J connectivity index is 3.19. The normalized spacial score (nSPS) is 13.9. The molecule has 1 atom stereocenters. The van der Waals surface area contributed by atoms with Gasteiger partial charge in [-0.15, -0.1) is 26.3 Å². The van der Waals surface area contributed by atoms with Crippen molar-refractivity contribution in [2.45, 2.75) is 32.1 Å². The van der Waals surface area contributed by atoms with Crippen LogP contribution in [0.4, 0.5) is 26.3 Å². The molecule has 0 aliphatic rings. The zero-order valence-corrected chi connectivity index (χ0v) is 11.1. The second kappa shape index (κ2) is 6.42. The molecule has 3 nitrogen and oxygen atoms in total. The van der Waals surface area contributed by atoms with Crippen LogP contribution in [0.2, 0.25) is 0 Å². The maximum atomic E-state index is 12.2. The maximum absolute atomic E-state index is 12.2. The van der Waals surface area contributed by atoms with Crippen LogP contribution in [0.3, 0.4) is 0 Å². The first-order valence-corrected chi connectivity index (χ1v) is 5.88. The Kier molecular flexibility index (Phi) is 5.32. The zero-order valence-electron chi connectivity index (χ0n) is 11.1. The molecule has 0 heterocycles. The number of alkyl halides is 6. The molecular weight excluding hydrogens is 304 g/mol. The summed E-state index contributed by atoms with van der Waals surface area (Å²) in [5.41, 5.74) is 0.195. The number of nitrogens with one attached hydrogen (secondary N) is 1. The molecule has 1 aromatic carbocycles. The van der Waals surface area contributed by atoms with Crippen LogP contribution in [0.1, 0.15) is 24.9 Å². The lowest BCUT2D eigenvalue weighted by Gasteiger charge is -2.18. The van der Waals surface area contributed by atoms with Gasteiger partial charge in [-0.3, -0.25) is 0 Å². The van der Waals surface area contributed by atoms with Crippen LogP contribution in [0.15, 0.2) is 18.2 Å². The molecule has 0 aliphatic heterocycles. The molecule has 0 saturated carbocycles. The Morgan fingerprint density at radius 2 is 1.38 bits per heavy atom. The summed E-state index contributed by atoms with van der Waals surface area (Å²) in [4.78, 5) is 0. The van der Waals surface area contributed by atoms with Crippen molar-refractivity contribution >= 4 is 0 Å². The maximum Gasteiger partial charge on any atom is 0.573 e. The molecule has 1 aromatic rings. The van der Waals surface area contributed by atoms with Crippen LogP contribution in [0.25, 0.3) is 0 Å². The van der Waals surface area contributed by atoms with Gasteiger partial charge in [-0.2, -0.15) is 0 Å². The summed E-state index contributed by atoms with van der Waals surface area (Å²) in [6.07, 6.45) is -9.55. The lowest BCUT2D eigenvalue weighted by molar-refractivity contribution is -0.276. The first kappa shape index (κ1) is 17.4. The fourth-order valence-corrected chi connectivity index (χ4v) is 1.79. The third-order valence-corrected chi connectivity index (χ3v) is 2.53. The number of halogens is 6. The van der Waals surface area contributed by atoms with E-state index in [2.05, 4.69) is 14.8 Å². The molecule has 9 heteroatoms. The van der Waals surface area contributed by atoms with E-state index in [1.807, 2.05) is 0 Å². The molecule has 1 rings (SSSR count). The van der Waals surface area contributed by atoms with E-state index in [4.69, 9.17) is 0 Å². The molecular formula is C12H13F6NO2. The van der Waals surface area contributed by atoms with Crippen LogP contribution in [0, 0.1) is 0 Å². The van der Waals surface area contributed by atoms with Gasteiger partial charge >= 0.3 is 12.7 Å². The van der Waals surface area contributed by atoms with E-state index in [-0.39, 0.29) is 5.56 Å². The van der Waals surface area contributed by atoms with Crippen molar-refractivity contribution in [2.75, 3.05) is 7.05 Å². The summed E-state index contributed by atoms with van der Waals surface area (Å²) in [6.45, 7) is 1.72. The van der Waals surface area contributed by atoms with Gasteiger partial charge in [-0.05, 0) is 31.2 Å².